The van der Waals surface area contributed by atoms with Gasteiger partial charge >= 0.3 is 5.97 Å². The van der Waals surface area contributed by atoms with Crippen LogP contribution in [0.2, 0.25) is 0 Å². The minimum atomic E-state index is -3.65. The zero-order valence-corrected chi connectivity index (χ0v) is 15.1. The molecule has 0 aromatic heterocycles. The number of alkyl halides is 1. The zero-order chi connectivity index (χ0) is 18.1. The number of sulfone groups is 1. The summed E-state index contributed by atoms with van der Waals surface area (Å²) in [5.41, 5.74) is 1.17. The maximum Gasteiger partial charge on any atom is 0.355 e. The van der Waals surface area contributed by atoms with Crippen molar-refractivity contribution in [2.45, 2.75) is 31.2 Å². The summed E-state index contributed by atoms with van der Waals surface area (Å²) in [6, 6.07) is 9.03. The van der Waals surface area contributed by atoms with Crippen LogP contribution in [0.1, 0.15) is 19.4 Å². The highest BCUT2D eigenvalue weighted by Crippen LogP contribution is 2.34. The molecule has 6 nitrogen and oxygen atoms in total. The summed E-state index contributed by atoms with van der Waals surface area (Å²) in [6.45, 7) is 3.23. The monoisotopic (exact) mass is 371 g/mol. The molecule has 0 N–H and O–H groups in total. The van der Waals surface area contributed by atoms with Crippen LogP contribution in [0, 0.1) is 0 Å². The SMILES string of the molecule is CC(C)=C(C(=O)OCc1ccccc1)N1C(=O)[C@H](Cl)[C@H]1S(C)(=O)=O. The molecule has 0 bridgehead atoms. The third-order valence-electron chi connectivity index (χ3n) is 3.54. The van der Waals surface area contributed by atoms with Gasteiger partial charge in [-0.3, -0.25) is 9.69 Å². The Morgan fingerprint density at radius 3 is 2.33 bits per heavy atom. The molecule has 0 spiro atoms. The van der Waals surface area contributed by atoms with Gasteiger partial charge in [0.05, 0.1) is 0 Å². The summed E-state index contributed by atoms with van der Waals surface area (Å²) in [4.78, 5) is 25.3. The highest BCUT2D eigenvalue weighted by Gasteiger charge is 2.55. The second-order valence-electron chi connectivity index (χ2n) is 5.74. The third kappa shape index (κ3) is 3.62. The van der Waals surface area contributed by atoms with Crippen LogP contribution in [0.25, 0.3) is 0 Å². The number of nitrogens with zero attached hydrogens (tertiary/aromatic N) is 1. The van der Waals surface area contributed by atoms with Crippen LogP contribution in [-0.4, -0.2) is 42.2 Å². The van der Waals surface area contributed by atoms with Crippen molar-refractivity contribution in [2.75, 3.05) is 6.26 Å². The highest BCUT2D eigenvalue weighted by atomic mass is 35.5. The largest absolute Gasteiger partial charge is 0.456 e. The Kier molecular flexibility index (Phi) is 5.35. The van der Waals surface area contributed by atoms with Crippen LogP contribution in [0.15, 0.2) is 41.6 Å². The van der Waals surface area contributed by atoms with E-state index in [1.807, 2.05) is 18.2 Å². The van der Waals surface area contributed by atoms with Crippen molar-refractivity contribution < 1.29 is 22.7 Å². The molecule has 0 saturated carbocycles. The van der Waals surface area contributed by atoms with E-state index in [1.165, 1.54) is 0 Å². The average molecular weight is 372 g/mol. The number of amides is 1. The van der Waals surface area contributed by atoms with Crippen molar-refractivity contribution in [3.63, 3.8) is 0 Å². The number of allylic oxidation sites excluding steroid dienone is 1. The van der Waals surface area contributed by atoms with Gasteiger partial charge in [-0.05, 0) is 25.0 Å². The summed E-state index contributed by atoms with van der Waals surface area (Å²) in [5, 5.41) is -2.46. The predicted octanol–water partition coefficient (Wildman–Crippen LogP) is 1.84. The summed E-state index contributed by atoms with van der Waals surface area (Å²) >= 11 is 5.83. The smallest absolute Gasteiger partial charge is 0.355 e. The summed E-state index contributed by atoms with van der Waals surface area (Å²) in [7, 11) is -3.65. The number of carbonyl (C=O) groups excluding carboxylic acids is 2. The first kappa shape index (κ1) is 18.5. The summed E-state index contributed by atoms with van der Waals surface area (Å²) in [6.07, 6.45) is 0.977. The number of carbonyl (C=O) groups is 2. The van der Waals surface area contributed by atoms with E-state index >= 15 is 0 Å². The molecule has 1 aliphatic heterocycles. The third-order valence-corrected chi connectivity index (χ3v) is 5.47. The number of rotatable bonds is 5. The molecule has 130 valence electrons. The Morgan fingerprint density at radius 2 is 1.83 bits per heavy atom. The van der Waals surface area contributed by atoms with E-state index in [-0.39, 0.29) is 12.3 Å². The second kappa shape index (κ2) is 6.94. The van der Waals surface area contributed by atoms with Crippen LogP contribution >= 0.6 is 11.6 Å². The Bertz CT molecular complexity index is 784. The van der Waals surface area contributed by atoms with Crippen LogP contribution in [0.5, 0.6) is 0 Å². The molecule has 0 aliphatic carbocycles. The van der Waals surface area contributed by atoms with Gasteiger partial charge in [0.2, 0.25) is 5.91 Å². The fourth-order valence-electron chi connectivity index (χ4n) is 2.41. The lowest BCUT2D eigenvalue weighted by Gasteiger charge is -2.43. The minimum absolute atomic E-state index is 0.0202. The van der Waals surface area contributed by atoms with Crippen molar-refractivity contribution in [1.29, 1.82) is 0 Å². The normalized spacial score (nSPS) is 20.3. The first-order chi connectivity index (χ1) is 11.1. The van der Waals surface area contributed by atoms with Crippen molar-refractivity contribution in [1.82, 2.24) is 4.90 Å². The second-order valence-corrected chi connectivity index (χ2v) is 8.35. The van der Waals surface area contributed by atoms with Crippen molar-refractivity contribution in [2.24, 2.45) is 0 Å². The minimum Gasteiger partial charge on any atom is -0.456 e. The van der Waals surface area contributed by atoms with Gasteiger partial charge in [-0.25, -0.2) is 13.2 Å². The van der Waals surface area contributed by atoms with Crippen molar-refractivity contribution >= 4 is 33.3 Å². The van der Waals surface area contributed by atoms with E-state index in [1.54, 1.807) is 26.0 Å². The molecule has 1 aromatic carbocycles. The molecule has 1 aliphatic rings. The van der Waals surface area contributed by atoms with Gasteiger partial charge < -0.3 is 4.74 Å². The van der Waals surface area contributed by atoms with Gasteiger partial charge in [0.25, 0.3) is 0 Å². The van der Waals surface area contributed by atoms with E-state index in [2.05, 4.69) is 0 Å². The molecule has 2 atom stereocenters. The number of ether oxygens (including phenoxy) is 1. The lowest BCUT2D eigenvalue weighted by atomic mass is 10.1. The number of benzene rings is 1. The van der Waals surface area contributed by atoms with E-state index in [4.69, 9.17) is 16.3 Å². The molecular weight excluding hydrogens is 354 g/mol. The number of esters is 1. The molecule has 1 amide bonds. The van der Waals surface area contributed by atoms with Gasteiger partial charge in [0.1, 0.15) is 17.7 Å². The highest BCUT2D eigenvalue weighted by molar-refractivity contribution is 7.91. The van der Waals surface area contributed by atoms with Gasteiger partial charge in [-0.15, -0.1) is 11.6 Å². The topological polar surface area (TPSA) is 80.8 Å². The molecule has 0 unspecified atom stereocenters. The Hall–Kier alpha value is -1.86. The maximum atomic E-state index is 12.4. The van der Waals surface area contributed by atoms with Crippen molar-refractivity contribution in [3.05, 3.63) is 47.2 Å². The quantitative estimate of drug-likeness (QED) is 0.341. The summed E-state index contributed by atoms with van der Waals surface area (Å²) < 4.78 is 28.9. The summed E-state index contributed by atoms with van der Waals surface area (Å²) in [5.74, 6) is -1.38. The molecule has 8 heteroatoms. The number of hydrogen-bond acceptors (Lipinski definition) is 5. The van der Waals surface area contributed by atoms with E-state index in [0.717, 1.165) is 16.7 Å². The lowest BCUT2D eigenvalue weighted by molar-refractivity contribution is -0.149. The van der Waals surface area contributed by atoms with E-state index < -0.39 is 32.5 Å². The number of likely N-dealkylation sites (tertiary alicyclic amines) is 1. The van der Waals surface area contributed by atoms with E-state index in [0.29, 0.717) is 5.57 Å². The van der Waals surface area contributed by atoms with E-state index in [9.17, 15) is 18.0 Å². The fraction of sp³-hybridized carbons (Fsp3) is 0.375. The standard InChI is InChI=1S/C16H18ClNO5S/c1-10(2)13(16(20)23-9-11-7-5-4-6-8-11)18-14(19)12(17)15(18)24(3,21)22/h4-8,12,15H,9H2,1-3H3/t12-,15+/m0/s1. The lowest BCUT2D eigenvalue weighted by Crippen LogP contribution is -2.65. The van der Waals surface area contributed by atoms with Crippen LogP contribution < -0.4 is 0 Å². The number of β-lactam (4-membered cyclic amide) rings is 1. The van der Waals surface area contributed by atoms with Gasteiger partial charge in [0.15, 0.2) is 15.2 Å². The predicted molar refractivity (Wildman–Crippen MR) is 89.7 cm³/mol. The van der Waals surface area contributed by atoms with Crippen LogP contribution in [0.4, 0.5) is 0 Å². The Morgan fingerprint density at radius 1 is 1.25 bits per heavy atom. The maximum absolute atomic E-state index is 12.4. The van der Waals surface area contributed by atoms with Gasteiger partial charge in [-0.2, -0.15) is 0 Å². The molecule has 1 heterocycles. The Balaban J connectivity index is 2.22. The molecule has 2 rings (SSSR count). The van der Waals surface area contributed by atoms with Crippen LogP contribution in [-0.2, 0) is 30.8 Å². The number of halogens is 1. The fourth-order valence-corrected chi connectivity index (χ4v) is 4.33. The first-order valence-electron chi connectivity index (χ1n) is 7.19. The molecule has 24 heavy (non-hydrogen) atoms. The molecule has 1 aromatic rings. The van der Waals surface area contributed by atoms with Crippen molar-refractivity contribution in [3.8, 4) is 0 Å². The molecule has 1 fully saturated rings. The zero-order valence-electron chi connectivity index (χ0n) is 13.5. The Labute approximate surface area is 146 Å². The average Bonchev–Trinajstić information content (AvgIpc) is 2.51. The molecule has 0 radical (unpaired) electrons. The first-order valence-corrected chi connectivity index (χ1v) is 9.58. The van der Waals surface area contributed by atoms with Gasteiger partial charge in [0, 0.05) is 6.26 Å². The molecular formula is C16H18ClNO5S. The van der Waals surface area contributed by atoms with Crippen LogP contribution in [0.3, 0.4) is 0 Å². The van der Waals surface area contributed by atoms with Gasteiger partial charge in [-0.1, -0.05) is 30.3 Å². The number of hydrogen-bond donors (Lipinski definition) is 0. The molecule has 1 saturated heterocycles.